The van der Waals surface area contributed by atoms with E-state index in [1.807, 2.05) is 6.92 Å². The second-order valence-corrected chi connectivity index (χ2v) is 2.84. The highest BCUT2D eigenvalue weighted by molar-refractivity contribution is 5.76. The summed E-state index contributed by atoms with van der Waals surface area (Å²) in [5.74, 6) is -0.943. The van der Waals surface area contributed by atoms with Gasteiger partial charge in [0.25, 0.3) is 0 Å². The van der Waals surface area contributed by atoms with E-state index in [4.69, 9.17) is 9.84 Å². The molecule has 0 aromatic rings. The van der Waals surface area contributed by atoms with Gasteiger partial charge >= 0.3 is 5.97 Å². The Morgan fingerprint density at radius 2 is 2.17 bits per heavy atom. The minimum atomic E-state index is -1.11. The summed E-state index contributed by atoms with van der Waals surface area (Å²) in [7, 11) is 1.47. The van der Waals surface area contributed by atoms with E-state index in [0.717, 1.165) is 6.42 Å². The largest absolute Gasteiger partial charge is 0.479 e. The summed E-state index contributed by atoms with van der Waals surface area (Å²) in [6, 6.07) is 0. The average molecular weight is 176 g/mol. The Labute approximate surface area is 72.5 Å². The SMILES string of the molecule is CCCC(C)(OCOC)C(=O)O. The van der Waals surface area contributed by atoms with Crippen LogP contribution in [0, 0.1) is 0 Å². The van der Waals surface area contributed by atoms with Gasteiger partial charge in [-0.25, -0.2) is 4.79 Å². The van der Waals surface area contributed by atoms with Crippen molar-refractivity contribution in [3.05, 3.63) is 0 Å². The molecule has 72 valence electrons. The van der Waals surface area contributed by atoms with Crippen LogP contribution in [-0.4, -0.2) is 30.6 Å². The normalized spacial score (nSPS) is 15.6. The van der Waals surface area contributed by atoms with Crippen LogP contribution < -0.4 is 0 Å². The molecule has 0 heterocycles. The van der Waals surface area contributed by atoms with Crippen LogP contribution in [0.3, 0.4) is 0 Å². The molecule has 0 saturated carbocycles. The molecule has 0 saturated heterocycles. The number of aliphatic carboxylic acids is 1. The van der Waals surface area contributed by atoms with Crippen LogP contribution in [0.15, 0.2) is 0 Å². The maximum absolute atomic E-state index is 10.7. The third-order valence-corrected chi connectivity index (χ3v) is 1.67. The number of carboxylic acids is 1. The molecule has 4 nitrogen and oxygen atoms in total. The Hall–Kier alpha value is -0.610. The highest BCUT2D eigenvalue weighted by atomic mass is 16.7. The van der Waals surface area contributed by atoms with E-state index in [-0.39, 0.29) is 6.79 Å². The van der Waals surface area contributed by atoms with Crippen molar-refractivity contribution in [2.75, 3.05) is 13.9 Å². The van der Waals surface area contributed by atoms with Crippen molar-refractivity contribution in [2.24, 2.45) is 0 Å². The van der Waals surface area contributed by atoms with Crippen molar-refractivity contribution in [1.82, 2.24) is 0 Å². The number of methoxy groups -OCH3 is 1. The summed E-state index contributed by atoms with van der Waals surface area (Å²) >= 11 is 0. The molecule has 0 radical (unpaired) electrons. The number of carboxylic acid groups (broad SMARTS) is 1. The minimum Gasteiger partial charge on any atom is -0.479 e. The van der Waals surface area contributed by atoms with Gasteiger partial charge in [0, 0.05) is 7.11 Å². The second kappa shape index (κ2) is 5.11. The van der Waals surface area contributed by atoms with Gasteiger partial charge in [0.05, 0.1) is 0 Å². The molecule has 0 rings (SSSR count). The van der Waals surface area contributed by atoms with E-state index >= 15 is 0 Å². The Morgan fingerprint density at radius 3 is 2.50 bits per heavy atom. The van der Waals surface area contributed by atoms with Crippen molar-refractivity contribution in [2.45, 2.75) is 32.3 Å². The monoisotopic (exact) mass is 176 g/mol. The molecule has 1 unspecified atom stereocenters. The number of carbonyl (C=O) groups is 1. The fourth-order valence-corrected chi connectivity index (χ4v) is 0.907. The molecule has 0 bridgehead atoms. The van der Waals surface area contributed by atoms with Crippen LogP contribution >= 0.6 is 0 Å². The number of rotatable bonds is 6. The molecular weight excluding hydrogens is 160 g/mol. The Kier molecular flexibility index (Phi) is 4.85. The van der Waals surface area contributed by atoms with Gasteiger partial charge in [-0.3, -0.25) is 0 Å². The molecule has 4 heteroatoms. The molecule has 0 aliphatic rings. The molecule has 0 amide bonds. The molecule has 0 aliphatic carbocycles. The fourth-order valence-electron chi connectivity index (χ4n) is 0.907. The van der Waals surface area contributed by atoms with E-state index < -0.39 is 11.6 Å². The summed E-state index contributed by atoms with van der Waals surface area (Å²) in [6.07, 6.45) is 1.26. The highest BCUT2D eigenvalue weighted by Gasteiger charge is 2.32. The van der Waals surface area contributed by atoms with Crippen LogP contribution in [-0.2, 0) is 14.3 Å². The first kappa shape index (κ1) is 11.4. The molecule has 12 heavy (non-hydrogen) atoms. The average Bonchev–Trinajstić information content (AvgIpc) is 2.01. The van der Waals surface area contributed by atoms with Crippen LogP contribution in [0.5, 0.6) is 0 Å². The van der Waals surface area contributed by atoms with Gasteiger partial charge in [0.2, 0.25) is 0 Å². The van der Waals surface area contributed by atoms with Gasteiger partial charge in [-0.2, -0.15) is 0 Å². The summed E-state index contributed by atoms with van der Waals surface area (Å²) < 4.78 is 9.71. The molecule has 1 N–H and O–H groups in total. The lowest BCUT2D eigenvalue weighted by molar-refractivity contribution is -0.179. The van der Waals surface area contributed by atoms with E-state index in [0.29, 0.717) is 6.42 Å². The molecule has 0 fully saturated rings. The van der Waals surface area contributed by atoms with E-state index in [9.17, 15) is 4.79 Å². The lowest BCUT2D eigenvalue weighted by Gasteiger charge is -2.23. The van der Waals surface area contributed by atoms with E-state index in [1.165, 1.54) is 7.11 Å². The fraction of sp³-hybridized carbons (Fsp3) is 0.875. The molecule has 0 spiro atoms. The molecule has 1 atom stereocenters. The lowest BCUT2D eigenvalue weighted by Crippen LogP contribution is -2.38. The second-order valence-electron chi connectivity index (χ2n) is 2.84. The topological polar surface area (TPSA) is 55.8 Å². The van der Waals surface area contributed by atoms with E-state index in [1.54, 1.807) is 6.92 Å². The predicted molar refractivity (Wildman–Crippen MR) is 43.9 cm³/mol. The van der Waals surface area contributed by atoms with Crippen molar-refractivity contribution in [1.29, 1.82) is 0 Å². The summed E-state index contributed by atoms with van der Waals surface area (Å²) in [5.41, 5.74) is -1.11. The van der Waals surface area contributed by atoms with Gasteiger partial charge in [-0.15, -0.1) is 0 Å². The highest BCUT2D eigenvalue weighted by Crippen LogP contribution is 2.17. The third-order valence-electron chi connectivity index (χ3n) is 1.67. The van der Waals surface area contributed by atoms with Gasteiger partial charge in [-0.1, -0.05) is 13.3 Å². The Balaban J connectivity index is 4.08. The minimum absolute atomic E-state index is 0.0167. The van der Waals surface area contributed by atoms with Crippen LogP contribution in [0.4, 0.5) is 0 Å². The summed E-state index contributed by atoms with van der Waals surface area (Å²) in [4.78, 5) is 10.7. The maximum Gasteiger partial charge on any atom is 0.335 e. The zero-order valence-electron chi connectivity index (χ0n) is 7.79. The van der Waals surface area contributed by atoms with Crippen molar-refractivity contribution in [3.8, 4) is 0 Å². The van der Waals surface area contributed by atoms with Crippen molar-refractivity contribution in [3.63, 3.8) is 0 Å². The zero-order valence-corrected chi connectivity index (χ0v) is 7.79. The standard InChI is InChI=1S/C8H16O4/c1-4-5-8(2,7(9)10)12-6-11-3/h4-6H2,1-3H3,(H,9,10). The predicted octanol–water partition coefficient (Wildman–Crippen LogP) is 1.25. The maximum atomic E-state index is 10.7. The number of hydrogen-bond donors (Lipinski definition) is 1. The van der Waals surface area contributed by atoms with E-state index in [2.05, 4.69) is 4.74 Å². The summed E-state index contributed by atoms with van der Waals surface area (Å²) in [5, 5.41) is 8.81. The van der Waals surface area contributed by atoms with Crippen LogP contribution in [0.2, 0.25) is 0 Å². The third kappa shape index (κ3) is 3.19. The molecular formula is C8H16O4. The van der Waals surface area contributed by atoms with Crippen LogP contribution in [0.25, 0.3) is 0 Å². The summed E-state index contributed by atoms with van der Waals surface area (Å²) in [6.45, 7) is 3.48. The van der Waals surface area contributed by atoms with Gasteiger partial charge in [0.15, 0.2) is 5.60 Å². The Morgan fingerprint density at radius 1 is 1.58 bits per heavy atom. The Bertz CT molecular complexity index is 146. The van der Waals surface area contributed by atoms with Gasteiger partial charge in [-0.05, 0) is 13.3 Å². The quantitative estimate of drug-likeness (QED) is 0.619. The lowest BCUT2D eigenvalue weighted by atomic mass is 10.0. The van der Waals surface area contributed by atoms with Crippen LogP contribution in [0.1, 0.15) is 26.7 Å². The van der Waals surface area contributed by atoms with Crippen molar-refractivity contribution >= 4 is 5.97 Å². The number of hydrogen-bond acceptors (Lipinski definition) is 3. The number of ether oxygens (including phenoxy) is 2. The zero-order chi connectivity index (χ0) is 9.61. The van der Waals surface area contributed by atoms with Gasteiger partial charge < -0.3 is 14.6 Å². The smallest absolute Gasteiger partial charge is 0.335 e. The molecule has 0 aromatic heterocycles. The first-order valence-corrected chi connectivity index (χ1v) is 3.93. The first-order valence-electron chi connectivity index (χ1n) is 3.93. The molecule has 0 aliphatic heterocycles. The van der Waals surface area contributed by atoms with Crippen molar-refractivity contribution < 1.29 is 19.4 Å². The first-order chi connectivity index (χ1) is 5.56. The molecule has 0 aromatic carbocycles. The van der Waals surface area contributed by atoms with Gasteiger partial charge in [0.1, 0.15) is 6.79 Å².